The van der Waals surface area contributed by atoms with E-state index in [-0.39, 0.29) is 11.8 Å². The molecule has 2 heterocycles. The van der Waals surface area contributed by atoms with Gasteiger partial charge in [-0.1, -0.05) is 23.5 Å². The maximum Gasteiger partial charge on any atom is 0.243 e. The van der Waals surface area contributed by atoms with Crippen LogP contribution >= 0.6 is 23.1 Å². The van der Waals surface area contributed by atoms with E-state index in [0.717, 1.165) is 20.7 Å². The summed E-state index contributed by atoms with van der Waals surface area (Å²) in [6, 6.07) is 12.9. The number of carbonyl (C=O) groups is 1. The highest BCUT2D eigenvalue weighted by molar-refractivity contribution is 7.98. The molecule has 3 aromatic rings. The highest BCUT2D eigenvalue weighted by atomic mass is 32.2. The number of amides is 1. The Morgan fingerprint density at radius 1 is 1.17 bits per heavy atom. The number of aromatic nitrogens is 1. The van der Waals surface area contributed by atoms with Crippen molar-refractivity contribution in [2.75, 3.05) is 24.7 Å². The van der Waals surface area contributed by atoms with Gasteiger partial charge in [0, 0.05) is 23.9 Å². The van der Waals surface area contributed by atoms with Gasteiger partial charge in [0.15, 0.2) is 5.13 Å². The molecule has 1 aromatic heterocycles. The number of hydrogen-bond donors (Lipinski definition) is 1. The van der Waals surface area contributed by atoms with Crippen molar-refractivity contribution in [3.8, 4) is 0 Å². The van der Waals surface area contributed by atoms with E-state index in [0.29, 0.717) is 36.0 Å². The molecule has 0 unspecified atom stereocenters. The minimum Gasteiger partial charge on any atom is -0.302 e. The summed E-state index contributed by atoms with van der Waals surface area (Å²) < 4.78 is 28.3. The van der Waals surface area contributed by atoms with Crippen molar-refractivity contribution in [2.24, 2.45) is 5.92 Å². The molecule has 0 atom stereocenters. The minimum atomic E-state index is -3.54. The minimum absolute atomic E-state index is 0.0897. The summed E-state index contributed by atoms with van der Waals surface area (Å²) in [5, 5.41) is 3.52. The number of thioether (sulfide) groups is 1. The molecule has 1 amide bonds. The van der Waals surface area contributed by atoms with Gasteiger partial charge in [-0.25, -0.2) is 13.4 Å². The Balaban J connectivity index is 1.39. The van der Waals surface area contributed by atoms with Crippen LogP contribution < -0.4 is 5.32 Å². The third kappa shape index (κ3) is 4.25. The molecule has 1 aliphatic heterocycles. The van der Waals surface area contributed by atoms with Crippen molar-refractivity contribution in [1.82, 2.24) is 9.29 Å². The van der Waals surface area contributed by atoms with Gasteiger partial charge < -0.3 is 5.32 Å². The monoisotopic (exact) mass is 461 g/mol. The molecular formula is C21H23N3O3S3. The Bertz CT molecular complexity index is 1170. The van der Waals surface area contributed by atoms with Crippen molar-refractivity contribution >= 4 is 54.4 Å². The number of hydrogen-bond acceptors (Lipinski definition) is 6. The number of piperidine rings is 1. The fourth-order valence-electron chi connectivity index (χ4n) is 3.60. The van der Waals surface area contributed by atoms with Gasteiger partial charge in [-0.2, -0.15) is 4.31 Å². The number of aryl methyl sites for hydroxylation is 1. The maximum absolute atomic E-state index is 12.9. The predicted octanol–water partition coefficient (Wildman–Crippen LogP) is 4.37. The first-order valence-corrected chi connectivity index (χ1v) is 13.2. The van der Waals surface area contributed by atoms with E-state index in [1.807, 2.05) is 43.5 Å². The van der Waals surface area contributed by atoms with E-state index < -0.39 is 10.0 Å². The van der Waals surface area contributed by atoms with E-state index in [1.165, 1.54) is 15.6 Å². The molecule has 9 heteroatoms. The Labute approximate surface area is 184 Å². The fraction of sp³-hybridized carbons (Fsp3) is 0.333. The zero-order chi connectivity index (χ0) is 21.3. The van der Waals surface area contributed by atoms with Crippen LogP contribution in [0, 0.1) is 12.8 Å². The van der Waals surface area contributed by atoms with Crippen molar-refractivity contribution in [3.63, 3.8) is 0 Å². The number of anilines is 1. The highest BCUT2D eigenvalue weighted by Gasteiger charge is 2.32. The van der Waals surface area contributed by atoms with E-state index in [1.54, 1.807) is 23.9 Å². The molecule has 0 radical (unpaired) electrons. The number of nitrogens with one attached hydrogen (secondary N) is 1. The van der Waals surface area contributed by atoms with E-state index in [2.05, 4.69) is 10.3 Å². The standard InChI is InChI=1S/C21H23N3O3S3/c1-14-4-3-5-18-19(14)22-21(29-18)23-20(25)15-10-12-24(13-11-15)30(26,27)17-8-6-16(28-2)7-9-17/h3-9,15H,10-13H2,1-2H3,(H,22,23,25). The summed E-state index contributed by atoms with van der Waals surface area (Å²) in [5.74, 6) is -0.309. The van der Waals surface area contributed by atoms with Crippen LogP contribution in [0.2, 0.25) is 0 Å². The van der Waals surface area contributed by atoms with Crippen LogP contribution in [0.5, 0.6) is 0 Å². The van der Waals surface area contributed by atoms with Gasteiger partial charge in [-0.05, 0) is 61.9 Å². The van der Waals surface area contributed by atoms with E-state index >= 15 is 0 Å². The molecule has 1 N–H and O–H groups in total. The zero-order valence-corrected chi connectivity index (χ0v) is 19.2. The lowest BCUT2D eigenvalue weighted by Crippen LogP contribution is -2.41. The second-order valence-electron chi connectivity index (χ2n) is 7.28. The summed E-state index contributed by atoms with van der Waals surface area (Å²) in [5.41, 5.74) is 1.99. The van der Waals surface area contributed by atoms with Crippen molar-refractivity contribution in [1.29, 1.82) is 0 Å². The van der Waals surface area contributed by atoms with Gasteiger partial charge in [0.05, 0.1) is 15.1 Å². The molecule has 0 bridgehead atoms. The Kier molecular flexibility index (Phi) is 6.15. The molecule has 158 valence electrons. The average molecular weight is 462 g/mol. The summed E-state index contributed by atoms with van der Waals surface area (Å²) in [7, 11) is -3.54. The second kappa shape index (κ2) is 8.66. The number of sulfonamides is 1. The Morgan fingerprint density at radius 2 is 1.87 bits per heavy atom. The number of thiazole rings is 1. The van der Waals surface area contributed by atoms with Crippen molar-refractivity contribution in [3.05, 3.63) is 48.0 Å². The molecule has 1 aliphatic rings. The molecule has 4 rings (SSSR count). The van der Waals surface area contributed by atoms with Gasteiger partial charge in [0.25, 0.3) is 0 Å². The third-order valence-electron chi connectivity index (χ3n) is 5.37. The van der Waals surface area contributed by atoms with Gasteiger partial charge in [0.2, 0.25) is 15.9 Å². The number of para-hydroxylation sites is 1. The number of nitrogens with zero attached hydrogens (tertiary/aromatic N) is 2. The molecular weight excluding hydrogens is 438 g/mol. The SMILES string of the molecule is CSc1ccc(S(=O)(=O)N2CCC(C(=O)Nc3nc4c(C)cccc4s3)CC2)cc1. The van der Waals surface area contributed by atoms with Crippen molar-refractivity contribution in [2.45, 2.75) is 29.6 Å². The third-order valence-corrected chi connectivity index (χ3v) is 8.97. The smallest absolute Gasteiger partial charge is 0.243 e. The van der Waals surface area contributed by atoms with Gasteiger partial charge >= 0.3 is 0 Å². The fourth-order valence-corrected chi connectivity index (χ4v) is 6.43. The van der Waals surface area contributed by atoms with Crippen LogP contribution in [0.1, 0.15) is 18.4 Å². The summed E-state index contributed by atoms with van der Waals surface area (Å²) in [4.78, 5) is 18.6. The van der Waals surface area contributed by atoms with Gasteiger partial charge in [-0.3, -0.25) is 4.79 Å². The van der Waals surface area contributed by atoms with Crippen LogP contribution in [0.4, 0.5) is 5.13 Å². The maximum atomic E-state index is 12.9. The Morgan fingerprint density at radius 3 is 2.50 bits per heavy atom. The quantitative estimate of drug-likeness (QED) is 0.571. The molecule has 1 saturated heterocycles. The predicted molar refractivity (Wildman–Crippen MR) is 123 cm³/mol. The highest BCUT2D eigenvalue weighted by Crippen LogP contribution is 2.30. The molecule has 0 spiro atoms. The number of carbonyl (C=O) groups excluding carboxylic acids is 1. The molecule has 30 heavy (non-hydrogen) atoms. The summed E-state index contributed by atoms with van der Waals surface area (Å²) >= 11 is 3.03. The van der Waals surface area contributed by atoms with E-state index in [4.69, 9.17) is 0 Å². The summed E-state index contributed by atoms with van der Waals surface area (Å²) in [6.07, 6.45) is 2.95. The number of rotatable bonds is 5. The summed E-state index contributed by atoms with van der Waals surface area (Å²) in [6.45, 7) is 2.67. The van der Waals surface area contributed by atoms with E-state index in [9.17, 15) is 13.2 Å². The van der Waals surface area contributed by atoms with Crippen LogP contribution in [0.3, 0.4) is 0 Å². The molecule has 0 aliphatic carbocycles. The van der Waals surface area contributed by atoms with Gasteiger partial charge in [-0.15, -0.1) is 11.8 Å². The van der Waals surface area contributed by atoms with Crippen LogP contribution in [-0.2, 0) is 14.8 Å². The second-order valence-corrected chi connectivity index (χ2v) is 11.1. The zero-order valence-electron chi connectivity index (χ0n) is 16.8. The first kappa shape index (κ1) is 21.3. The van der Waals surface area contributed by atoms with Crippen LogP contribution in [-0.4, -0.2) is 43.0 Å². The molecule has 6 nitrogen and oxygen atoms in total. The first-order valence-electron chi connectivity index (χ1n) is 9.70. The van der Waals surface area contributed by atoms with Crippen LogP contribution in [0.25, 0.3) is 10.2 Å². The van der Waals surface area contributed by atoms with Gasteiger partial charge in [0.1, 0.15) is 0 Å². The lowest BCUT2D eigenvalue weighted by Gasteiger charge is -2.30. The number of fused-ring (bicyclic) bond motifs is 1. The van der Waals surface area contributed by atoms with Crippen molar-refractivity contribution < 1.29 is 13.2 Å². The lowest BCUT2D eigenvalue weighted by atomic mass is 9.97. The van der Waals surface area contributed by atoms with Crippen LogP contribution in [0.15, 0.2) is 52.3 Å². The molecule has 0 saturated carbocycles. The first-order chi connectivity index (χ1) is 14.4. The Hall–Kier alpha value is -1.94. The average Bonchev–Trinajstić information content (AvgIpc) is 3.17. The molecule has 2 aromatic carbocycles. The molecule has 1 fully saturated rings. The topological polar surface area (TPSA) is 79.4 Å². The largest absolute Gasteiger partial charge is 0.302 e. The normalized spacial score (nSPS) is 16.1. The number of benzene rings is 2. The lowest BCUT2D eigenvalue weighted by molar-refractivity contribution is -0.120.